The maximum absolute atomic E-state index is 9.92. The third-order valence-corrected chi connectivity index (χ3v) is 3.49. The van der Waals surface area contributed by atoms with Gasteiger partial charge in [0, 0.05) is 32.1 Å². The number of hydrogen-bond acceptors (Lipinski definition) is 3. The van der Waals surface area contributed by atoms with E-state index in [4.69, 9.17) is 0 Å². The zero-order chi connectivity index (χ0) is 12.1. The quantitative estimate of drug-likeness (QED) is 0.818. The predicted octanol–water partition coefficient (Wildman–Crippen LogP) is 1.09. The molecule has 0 spiro atoms. The molecule has 0 saturated carbocycles. The van der Waals surface area contributed by atoms with E-state index < -0.39 is 0 Å². The number of piperidine rings is 1. The van der Waals surface area contributed by atoms with Crippen molar-refractivity contribution in [2.45, 2.75) is 19.1 Å². The summed E-state index contributed by atoms with van der Waals surface area (Å²) < 4.78 is 0. The van der Waals surface area contributed by atoms with Gasteiger partial charge in [0.25, 0.3) is 0 Å². The van der Waals surface area contributed by atoms with E-state index in [-0.39, 0.29) is 6.10 Å². The van der Waals surface area contributed by atoms with E-state index in [1.807, 2.05) is 13.1 Å². The van der Waals surface area contributed by atoms with Crippen molar-refractivity contribution in [3.8, 4) is 0 Å². The van der Waals surface area contributed by atoms with Crippen LogP contribution in [0.25, 0.3) is 0 Å². The second-order valence-corrected chi connectivity index (χ2v) is 4.89. The van der Waals surface area contributed by atoms with E-state index in [1.54, 1.807) is 0 Å². The lowest BCUT2D eigenvalue weighted by Crippen LogP contribution is -2.46. The van der Waals surface area contributed by atoms with Crippen LogP contribution in [0, 0.1) is 5.92 Å². The fourth-order valence-electron chi connectivity index (χ4n) is 2.54. The summed E-state index contributed by atoms with van der Waals surface area (Å²) >= 11 is 0. The number of aliphatic hydroxyl groups is 1. The molecule has 0 amide bonds. The molecule has 2 atom stereocenters. The van der Waals surface area contributed by atoms with E-state index >= 15 is 0 Å². The number of benzene rings is 1. The smallest absolute Gasteiger partial charge is 0.0605 e. The number of aliphatic hydroxyl groups excluding tert-OH is 1. The molecule has 0 bridgehead atoms. The van der Waals surface area contributed by atoms with Crippen LogP contribution in [-0.2, 0) is 6.54 Å². The average molecular weight is 234 g/mol. The Morgan fingerprint density at radius 1 is 1.35 bits per heavy atom. The van der Waals surface area contributed by atoms with Crippen LogP contribution >= 0.6 is 0 Å². The van der Waals surface area contributed by atoms with Crippen LogP contribution in [0.1, 0.15) is 12.0 Å². The van der Waals surface area contributed by atoms with Gasteiger partial charge in [-0.25, -0.2) is 0 Å². The Kier molecular flexibility index (Phi) is 4.54. The van der Waals surface area contributed by atoms with Gasteiger partial charge in [0.05, 0.1) is 6.10 Å². The molecule has 94 valence electrons. The van der Waals surface area contributed by atoms with Gasteiger partial charge in [0.2, 0.25) is 0 Å². The summed E-state index contributed by atoms with van der Waals surface area (Å²) in [6, 6.07) is 10.5. The van der Waals surface area contributed by atoms with Gasteiger partial charge in [-0.3, -0.25) is 4.90 Å². The Morgan fingerprint density at radius 3 is 2.82 bits per heavy atom. The summed E-state index contributed by atoms with van der Waals surface area (Å²) in [7, 11) is 1.95. The van der Waals surface area contributed by atoms with Gasteiger partial charge in [-0.15, -0.1) is 0 Å². The van der Waals surface area contributed by atoms with Crippen LogP contribution in [0.4, 0.5) is 0 Å². The third kappa shape index (κ3) is 3.53. The molecule has 1 aromatic carbocycles. The van der Waals surface area contributed by atoms with Crippen LogP contribution < -0.4 is 5.32 Å². The van der Waals surface area contributed by atoms with Gasteiger partial charge in [0.15, 0.2) is 0 Å². The van der Waals surface area contributed by atoms with Gasteiger partial charge in [0.1, 0.15) is 0 Å². The Morgan fingerprint density at radius 2 is 2.12 bits per heavy atom. The summed E-state index contributed by atoms with van der Waals surface area (Å²) in [6.07, 6.45) is 0.744. The largest absolute Gasteiger partial charge is 0.393 e. The van der Waals surface area contributed by atoms with Crippen LogP contribution in [0.15, 0.2) is 30.3 Å². The molecule has 2 N–H and O–H groups in total. The lowest BCUT2D eigenvalue weighted by Gasteiger charge is -2.36. The fourth-order valence-corrected chi connectivity index (χ4v) is 2.54. The molecule has 1 saturated heterocycles. The van der Waals surface area contributed by atoms with E-state index in [0.29, 0.717) is 5.92 Å². The summed E-state index contributed by atoms with van der Waals surface area (Å²) in [6.45, 7) is 3.87. The van der Waals surface area contributed by atoms with Crippen LogP contribution in [0.3, 0.4) is 0 Å². The summed E-state index contributed by atoms with van der Waals surface area (Å²) in [5, 5.41) is 13.1. The summed E-state index contributed by atoms with van der Waals surface area (Å²) in [5.41, 5.74) is 1.35. The molecule has 0 unspecified atom stereocenters. The minimum atomic E-state index is -0.144. The Balaban J connectivity index is 1.90. The highest BCUT2D eigenvalue weighted by molar-refractivity contribution is 5.14. The van der Waals surface area contributed by atoms with Gasteiger partial charge < -0.3 is 10.4 Å². The summed E-state index contributed by atoms with van der Waals surface area (Å²) in [4.78, 5) is 2.43. The van der Waals surface area contributed by atoms with Crippen molar-refractivity contribution in [3.05, 3.63) is 35.9 Å². The average Bonchev–Trinajstić information content (AvgIpc) is 2.35. The van der Waals surface area contributed by atoms with Gasteiger partial charge in [-0.1, -0.05) is 30.3 Å². The van der Waals surface area contributed by atoms with E-state index in [0.717, 1.165) is 32.6 Å². The maximum atomic E-state index is 9.92. The van der Waals surface area contributed by atoms with E-state index in [9.17, 15) is 5.11 Å². The predicted molar refractivity (Wildman–Crippen MR) is 69.8 cm³/mol. The van der Waals surface area contributed by atoms with Crippen molar-refractivity contribution in [2.75, 3.05) is 26.7 Å². The van der Waals surface area contributed by atoms with Crippen molar-refractivity contribution >= 4 is 0 Å². The Bertz CT molecular complexity index is 328. The van der Waals surface area contributed by atoms with Gasteiger partial charge in [-0.2, -0.15) is 0 Å². The van der Waals surface area contributed by atoms with Crippen LogP contribution in [0.2, 0.25) is 0 Å². The van der Waals surface area contributed by atoms with Crippen molar-refractivity contribution in [1.82, 2.24) is 10.2 Å². The minimum absolute atomic E-state index is 0.144. The van der Waals surface area contributed by atoms with Crippen molar-refractivity contribution < 1.29 is 5.11 Å². The number of nitrogens with zero attached hydrogens (tertiary/aromatic N) is 1. The number of likely N-dealkylation sites (tertiary alicyclic amines) is 1. The molecule has 0 aliphatic carbocycles. The summed E-state index contributed by atoms with van der Waals surface area (Å²) in [5.74, 6) is 0.359. The van der Waals surface area contributed by atoms with Gasteiger partial charge in [-0.05, 0) is 19.0 Å². The molecule has 17 heavy (non-hydrogen) atoms. The first kappa shape index (κ1) is 12.6. The van der Waals surface area contributed by atoms with Crippen molar-refractivity contribution in [2.24, 2.45) is 5.92 Å². The third-order valence-electron chi connectivity index (χ3n) is 3.49. The first-order valence-corrected chi connectivity index (χ1v) is 6.38. The molecule has 2 rings (SSSR count). The molecule has 3 heteroatoms. The molecule has 3 nitrogen and oxygen atoms in total. The van der Waals surface area contributed by atoms with Crippen molar-refractivity contribution in [1.29, 1.82) is 0 Å². The highest BCUT2D eigenvalue weighted by atomic mass is 16.3. The van der Waals surface area contributed by atoms with Crippen LogP contribution in [0.5, 0.6) is 0 Å². The lowest BCUT2D eigenvalue weighted by atomic mass is 9.94. The maximum Gasteiger partial charge on any atom is 0.0605 e. The normalized spacial score (nSPS) is 26.0. The standard InChI is InChI=1S/C14H22N2O/c1-15-9-13-11-16(8-7-14(13)17)10-12-5-3-2-4-6-12/h2-6,13-15,17H,7-11H2,1H3/t13-,14-/m1/s1. The molecule has 1 fully saturated rings. The first-order valence-electron chi connectivity index (χ1n) is 6.38. The number of hydrogen-bond donors (Lipinski definition) is 2. The molecule has 0 radical (unpaired) electrons. The molecule has 0 aromatic heterocycles. The Hall–Kier alpha value is -0.900. The topological polar surface area (TPSA) is 35.5 Å². The lowest BCUT2D eigenvalue weighted by molar-refractivity contribution is 0.0248. The van der Waals surface area contributed by atoms with E-state index in [1.165, 1.54) is 5.56 Å². The first-order chi connectivity index (χ1) is 8.29. The van der Waals surface area contributed by atoms with Crippen molar-refractivity contribution in [3.63, 3.8) is 0 Å². The van der Waals surface area contributed by atoms with Gasteiger partial charge >= 0.3 is 0 Å². The highest BCUT2D eigenvalue weighted by Gasteiger charge is 2.26. The second-order valence-electron chi connectivity index (χ2n) is 4.89. The second kappa shape index (κ2) is 6.15. The molecule has 1 aromatic rings. The molecule has 1 heterocycles. The monoisotopic (exact) mass is 234 g/mol. The zero-order valence-electron chi connectivity index (χ0n) is 10.5. The Labute approximate surface area is 103 Å². The minimum Gasteiger partial charge on any atom is -0.393 e. The van der Waals surface area contributed by atoms with Crippen LogP contribution in [-0.4, -0.2) is 42.8 Å². The fraction of sp³-hybridized carbons (Fsp3) is 0.571. The highest BCUT2D eigenvalue weighted by Crippen LogP contribution is 2.18. The van der Waals surface area contributed by atoms with E-state index in [2.05, 4.69) is 34.5 Å². The SMILES string of the molecule is CNC[C@@H]1CN(Cc2ccccc2)CC[C@H]1O. The molecular formula is C14H22N2O. The zero-order valence-corrected chi connectivity index (χ0v) is 10.5. The molecule has 1 aliphatic heterocycles. The number of nitrogens with one attached hydrogen (secondary N) is 1. The molecular weight excluding hydrogens is 212 g/mol. The molecule has 1 aliphatic rings. The number of rotatable bonds is 4.